The van der Waals surface area contributed by atoms with Crippen molar-refractivity contribution in [1.82, 2.24) is 0 Å². The number of nitrogens with zero attached hydrogens (tertiary/aromatic N) is 1. The highest BCUT2D eigenvalue weighted by atomic mass is 16.6. The summed E-state index contributed by atoms with van der Waals surface area (Å²) in [5.41, 5.74) is 3.28. The van der Waals surface area contributed by atoms with Gasteiger partial charge in [-0.2, -0.15) is 0 Å². The third-order valence-corrected chi connectivity index (χ3v) is 8.25. The Morgan fingerprint density at radius 1 is 0.886 bits per heavy atom. The van der Waals surface area contributed by atoms with Crippen molar-refractivity contribution >= 4 is 29.0 Å². The maximum atomic E-state index is 12.6. The summed E-state index contributed by atoms with van der Waals surface area (Å²) in [6, 6.07) is 28.0. The van der Waals surface area contributed by atoms with E-state index >= 15 is 0 Å². The van der Waals surface area contributed by atoms with Gasteiger partial charge in [0.25, 0.3) is 0 Å². The Morgan fingerprint density at radius 3 is 2.17 bits per heavy atom. The van der Waals surface area contributed by atoms with Crippen molar-refractivity contribution in [1.29, 1.82) is 0 Å². The zero-order valence-corrected chi connectivity index (χ0v) is 19.1. The lowest BCUT2D eigenvalue weighted by molar-refractivity contribution is -0.164. The van der Waals surface area contributed by atoms with Crippen LogP contribution < -0.4 is 9.64 Å². The summed E-state index contributed by atoms with van der Waals surface area (Å²) in [7, 11) is 0. The monoisotopic (exact) mass is 467 g/mol. The molecule has 0 amide bonds. The van der Waals surface area contributed by atoms with Crippen LogP contribution in [-0.4, -0.2) is 30.8 Å². The lowest BCUT2D eigenvalue weighted by Crippen LogP contribution is -2.40. The molecule has 6 heteroatoms. The largest absolute Gasteiger partial charge is 0.482 e. The summed E-state index contributed by atoms with van der Waals surface area (Å²) in [5, 5.41) is 0. The lowest BCUT2D eigenvalue weighted by atomic mass is 9.63. The number of rotatable bonds is 7. The molecule has 4 aliphatic rings. The average molecular weight is 468 g/mol. The van der Waals surface area contributed by atoms with Crippen LogP contribution in [0.1, 0.15) is 12.8 Å². The molecule has 6 unspecified atom stereocenters. The lowest BCUT2D eigenvalue weighted by Gasteiger charge is -2.36. The van der Waals surface area contributed by atoms with Gasteiger partial charge in [-0.05, 0) is 66.8 Å². The zero-order valence-electron chi connectivity index (χ0n) is 19.1. The molecule has 3 aromatic carbocycles. The van der Waals surface area contributed by atoms with E-state index < -0.39 is 5.97 Å². The summed E-state index contributed by atoms with van der Waals surface area (Å²) >= 11 is 0. The van der Waals surface area contributed by atoms with Crippen LogP contribution in [0, 0.1) is 23.2 Å². The van der Waals surface area contributed by atoms with Gasteiger partial charge in [0.2, 0.25) is 0 Å². The predicted molar refractivity (Wildman–Crippen MR) is 129 cm³/mol. The Labute approximate surface area is 203 Å². The fraction of sp³-hybridized carbons (Fsp3) is 0.310. The van der Waals surface area contributed by atoms with Gasteiger partial charge in [-0.25, -0.2) is 4.79 Å². The third kappa shape index (κ3) is 3.16. The quantitative estimate of drug-likeness (QED) is 0.454. The number of para-hydroxylation sites is 2. The van der Waals surface area contributed by atoms with Gasteiger partial charge in [-0.3, -0.25) is 4.79 Å². The van der Waals surface area contributed by atoms with Gasteiger partial charge in [-0.15, -0.1) is 0 Å². The molecule has 0 radical (unpaired) electrons. The fourth-order valence-electron chi connectivity index (χ4n) is 6.68. The summed E-state index contributed by atoms with van der Waals surface area (Å²) in [6.45, 7) is -0.175. The number of hydrogen-bond donors (Lipinski definition) is 0. The Kier molecular flexibility index (Phi) is 4.47. The molecular weight excluding hydrogens is 442 g/mol. The molecule has 3 aromatic rings. The SMILES string of the molecule is O=C(COc1ccc(N(c2ccccc2)c2ccccc2)cc1)OC1C2OC(=O)C3CC4(CC14)C32. The molecule has 0 N–H and O–H groups in total. The van der Waals surface area contributed by atoms with Crippen LogP contribution in [-0.2, 0) is 19.1 Å². The normalized spacial score (nSPS) is 31.0. The first-order valence-electron chi connectivity index (χ1n) is 12.2. The van der Waals surface area contributed by atoms with Crippen molar-refractivity contribution in [2.75, 3.05) is 11.5 Å². The molecule has 1 spiro atoms. The minimum Gasteiger partial charge on any atom is -0.482 e. The number of esters is 2. The van der Waals surface area contributed by atoms with E-state index in [-0.39, 0.29) is 42.0 Å². The van der Waals surface area contributed by atoms with E-state index in [2.05, 4.69) is 29.2 Å². The molecule has 3 aliphatic carbocycles. The second kappa shape index (κ2) is 7.60. The number of ether oxygens (including phenoxy) is 3. The molecule has 0 aromatic heterocycles. The van der Waals surface area contributed by atoms with Crippen LogP contribution in [0.15, 0.2) is 84.9 Å². The summed E-state index contributed by atoms with van der Waals surface area (Å²) in [4.78, 5) is 26.7. The first kappa shape index (κ1) is 20.6. The van der Waals surface area contributed by atoms with E-state index in [4.69, 9.17) is 14.2 Å². The Bertz CT molecular complexity index is 1240. The van der Waals surface area contributed by atoms with E-state index in [1.54, 1.807) is 0 Å². The van der Waals surface area contributed by atoms with Gasteiger partial charge < -0.3 is 19.1 Å². The zero-order chi connectivity index (χ0) is 23.6. The Morgan fingerprint density at radius 2 is 1.51 bits per heavy atom. The summed E-state index contributed by atoms with van der Waals surface area (Å²) < 4.78 is 17.1. The smallest absolute Gasteiger partial charge is 0.344 e. The first-order chi connectivity index (χ1) is 17.1. The van der Waals surface area contributed by atoms with Gasteiger partial charge in [-0.1, -0.05) is 36.4 Å². The fourth-order valence-corrected chi connectivity index (χ4v) is 6.68. The molecule has 6 atom stereocenters. The summed E-state index contributed by atoms with van der Waals surface area (Å²) in [5.74, 6) is 0.671. The Balaban J connectivity index is 1.02. The highest BCUT2D eigenvalue weighted by Gasteiger charge is 2.84. The molecule has 1 heterocycles. The number of benzene rings is 3. The maximum Gasteiger partial charge on any atom is 0.344 e. The van der Waals surface area contributed by atoms with E-state index in [1.807, 2.05) is 60.7 Å². The third-order valence-electron chi connectivity index (χ3n) is 8.25. The number of carbonyl (C=O) groups excluding carboxylic acids is 2. The molecule has 6 nitrogen and oxygen atoms in total. The van der Waals surface area contributed by atoms with Crippen LogP contribution >= 0.6 is 0 Å². The van der Waals surface area contributed by atoms with Crippen LogP contribution in [0.3, 0.4) is 0 Å². The molecule has 176 valence electrons. The topological polar surface area (TPSA) is 65.1 Å². The molecule has 3 saturated carbocycles. The van der Waals surface area contributed by atoms with Crippen molar-refractivity contribution in [2.24, 2.45) is 23.2 Å². The highest BCUT2D eigenvalue weighted by Crippen LogP contribution is 2.80. The van der Waals surface area contributed by atoms with Crippen molar-refractivity contribution in [2.45, 2.75) is 25.0 Å². The van der Waals surface area contributed by atoms with Crippen LogP contribution in [0.25, 0.3) is 0 Å². The second-order valence-corrected chi connectivity index (χ2v) is 10.0. The highest BCUT2D eigenvalue weighted by molar-refractivity contribution is 5.79. The van der Waals surface area contributed by atoms with E-state index in [1.165, 1.54) is 0 Å². The molecule has 1 saturated heterocycles. The first-order valence-corrected chi connectivity index (χ1v) is 12.2. The number of hydrogen-bond acceptors (Lipinski definition) is 6. The maximum absolute atomic E-state index is 12.6. The standard InChI is InChI=1S/C29H25NO5/c31-24(34-26-23-16-29(23)15-22-25(29)27(26)35-28(22)32)17-33-21-13-11-20(12-14-21)30(18-7-3-1-4-8-18)19-9-5-2-6-10-19/h1-14,22-23,25-27H,15-17H2. The minimum absolute atomic E-state index is 0.0230. The molecule has 4 fully saturated rings. The van der Waals surface area contributed by atoms with Crippen LogP contribution in [0.4, 0.5) is 17.1 Å². The Hall–Kier alpha value is -3.80. The van der Waals surface area contributed by atoms with Crippen molar-refractivity contribution in [3.8, 4) is 5.75 Å². The van der Waals surface area contributed by atoms with E-state index in [0.717, 1.165) is 29.9 Å². The van der Waals surface area contributed by atoms with Gasteiger partial charge in [0.1, 0.15) is 18.0 Å². The number of anilines is 3. The molecule has 7 rings (SSSR count). The van der Waals surface area contributed by atoms with Crippen molar-refractivity contribution in [3.63, 3.8) is 0 Å². The van der Waals surface area contributed by atoms with Crippen molar-refractivity contribution in [3.05, 3.63) is 84.9 Å². The molecule has 1 aliphatic heterocycles. The van der Waals surface area contributed by atoms with Gasteiger partial charge in [0.05, 0.1) is 5.92 Å². The minimum atomic E-state index is -0.419. The predicted octanol–water partition coefficient (Wildman–Crippen LogP) is 5.03. The van der Waals surface area contributed by atoms with E-state index in [9.17, 15) is 9.59 Å². The molecule has 0 bridgehead atoms. The van der Waals surface area contributed by atoms with Gasteiger partial charge >= 0.3 is 11.9 Å². The number of carbonyl (C=O) groups is 2. The second-order valence-electron chi connectivity index (χ2n) is 10.0. The molecule has 35 heavy (non-hydrogen) atoms. The van der Waals surface area contributed by atoms with Crippen molar-refractivity contribution < 1.29 is 23.8 Å². The van der Waals surface area contributed by atoms with E-state index in [0.29, 0.717) is 11.7 Å². The molecular formula is C29H25NO5. The summed E-state index contributed by atoms with van der Waals surface area (Å²) in [6.07, 6.45) is 1.36. The average Bonchev–Trinajstić information content (AvgIpc) is 3.52. The van der Waals surface area contributed by atoms with Crippen LogP contribution in [0.5, 0.6) is 5.75 Å². The van der Waals surface area contributed by atoms with Gasteiger partial charge in [0.15, 0.2) is 6.61 Å². The van der Waals surface area contributed by atoms with Crippen LogP contribution in [0.2, 0.25) is 0 Å². The van der Waals surface area contributed by atoms with Gasteiger partial charge in [0, 0.05) is 28.9 Å².